The molecule has 14 heavy (non-hydrogen) atoms. The van der Waals surface area contributed by atoms with Crippen LogP contribution in [0.5, 0.6) is 0 Å². The average molecular weight is 197 g/mol. The Morgan fingerprint density at radius 2 is 1.79 bits per heavy atom. The standard InChI is InChI=1S/C10H19N3O/c1-9(2)7-14-8-10(3,4)13(9)12-6-5-11/h12H,6-8H2,1-4H3. The van der Waals surface area contributed by atoms with E-state index in [9.17, 15) is 0 Å². The molecule has 0 aromatic rings. The van der Waals surface area contributed by atoms with E-state index >= 15 is 0 Å². The summed E-state index contributed by atoms with van der Waals surface area (Å²) in [6, 6.07) is 2.10. The summed E-state index contributed by atoms with van der Waals surface area (Å²) < 4.78 is 5.55. The SMILES string of the molecule is CC1(C)COCC(C)(C)N1NCC#N. The van der Waals surface area contributed by atoms with E-state index in [2.05, 4.69) is 44.2 Å². The van der Waals surface area contributed by atoms with Crippen molar-refractivity contribution >= 4 is 0 Å². The lowest BCUT2D eigenvalue weighted by Crippen LogP contribution is -2.68. The topological polar surface area (TPSA) is 48.3 Å². The van der Waals surface area contributed by atoms with Crippen molar-refractivity contribution in [2.75, 3.05) is 19.8 Å². The predicted molar refractivity (Wildman–Crippen MR) is 54.4 cm³/mol. The van der Waals surface area contributed by atoms with Gasteiger partial charge in [-0.1, -0.05) is 0 Å². The molecule has 1 saturated heterocycles. The summed E-state index contributed by atoms with van der Waals surface area (Å²) in [6.45, 7) is 10.2. The number of nitriles is 1. The van der Waals surface area contributed by atoms with Gasteiger partial charge in [-0.2, -0.15) is 5.26 Å². The lowest BCUT2D eigenvalue weighted by molar-refractivity contribution is -0.151. The Bertz CT molecular complexity index is 226. The molecular formula is C10H19N3O. The second kappa shape index (κ2) is 3.85. The third kappa shape index (κ3) is 2.24. The van der Waals surface area contributed by atoms with E-state index in [1.54, 1.807) is 0 Å². The van der Waals surface area contributed by atoms with Gasteiger partial charge in [-0.3, -0.25) is 0 Å². The normalized spacial score (nSPS) is 25.6. The van der Waals surface area contributed by atoms with Gasteiger partial charge in [0.2, 0.25) is 0 Å². The maximum atomic E-state index is 8.57. The highest BCUT2D eigenvalue weighted by atomic mass is 16.5. The first-order chi connectivity index (χ1) is 6.40. The number of hydrazine groups is 1. The van der Waals surface area contributed by atoms with Crippen LogP contribution in [0.1, 0.15) is 27.7 Å². The van der Waals surface area contributed by atoms with Crippen LogP contribution >= 0.6 is 0 Å². The summed E-state index contributed by atoms with van der Waals surface area (Å²) in [4.78, 5) is 0. The largest absolute Gasteiger partial charge is 0.378 e. The second-order valence-electron chi connectivity index (χ2n) is 4.95. The fraction of sp³-hybridized carbons (Fsp3) is 0.900. The number of rotatable bonds is 2. The molecule has 1 rings (SSSR count). The van der Waals surface area contributed by atoms with Crippen LogP contribution in [0, 0.1) is 11.3 Å². The first-order valence-electron chi connectivity index (χ1n) is 4.89. The van der Waals surface area contributed by atoms with Gasteiger partial charge in [0, 0.05) is 0 Å². The molecule has 0 aromatic heterocycles. The average Bonchev–Trinajstić information content (AvgIpc) is 2.01. The third-order valence-electron chi connectivity index (χ3n) is 2.44. The van der Waals surface area contributed by atoms with Gasteiger partial charge >= 0.3 is 0 Å². The second-order valence-corrected chi connectivity index (χ2v) is 4.95. The molecule has 0 atom stereocenters. The van der Waals surface area contributed by atoms with Crippen molar-refractivity contribution in [1.82, 2.24) is 10.4 Å². The highest BCUT2D eigenvalue weighted by Gasteiger charge is 2.42. The number of nitrogens with zero attached hydrogens (tertiary/aromatic N) is 2. The summed E-state index contributed by atoms with van der Waals surface area (Å²) in [6.07, 6.45) is 0. The van der Waals surface area contributed by atoms with Gasteiger partial charge in [0.15, 0.2) is 0 Å². The highest BCUT2D eigenvalue weighted by molar-refractivity contribution is 4.94. The maximum absolute atomic E-state index is 8.57. The molecule has 1 aliphatic heterocycles. The number of nitrogens with one attached hydrogen (secondary N) is 1. The minimum Gasteiger partial charge on any atom is -0.378 e. The predicted octanol–water partition coefficient (Wildman–Crippen LogP) is 0.904. The zero-order valence-electron chi connectivity index (χ0n) is 9.42. The summed E-state index contributed by atoms with van der Waals surface area (Å²) in [5, 5.41) is 10.7. The smallest absolute Gasteiger partial charge is 0.0975 e. The van der Waals surface area contributed by atoms with E-state index in [0.29, 0.717) is 19.8 Å². The summed E-state index contributed by atoms with van der Waals surface area (Å²) in [5.74, 6) is 0. The quantitative estimate of drug-likeness (QED) is 0.668. The number of morpholine rings is 1. The van der Waals surface area contributed by atoms with Gasteiger partial charge in [0.25, 0.3) is 0 Å². The molecule has 0 spiro atoms. The van der Waals surface area contributed by atoms with Crippen molar-refractivity contribution in [2.45, 2.75) is 38.8 Å². The van der Waals surface area contributed by atoms with E-state index in [-0.39, 0.29) is 11.1 Å². The molecule has 0 bridgehead atoms. The first-order valence-corrected chi connectivity index (χ1v) is 4.89. The van der Waals surface area contributed by atoms with Gasteiger partial charge in [-0.15, -0.1) is 0 Å². The van der Waals surface area contributed by atoms with Crippen molar-refractivity contribution in [1.29, 1.82) is 5.26 Å². The van der Waals surface area contributed by atoms with Crippen molar-refractivity contribution in [3.05, 3.63) is 0 Å². The lowest BCUT2D eigenvalue weighted by atomic mass is 9.94. The fourth-order valence-corrected chi connectivity index (χ4v) is 2.04. The van der Waals surface area contributed by atoms with Crippen LogP contribution in [0.15, 0.2) is 0 Å². The molecule has 1 N–H and O–H groups in total. The fourth-order valence-electron chi connectivity index (χ4n) is 2.04. The van der Waals surface area contributed by atoms with Crippen LogP contribution in [0.25, 0.3) is 0 Å². The molecule has 0 unspecified atom stereocenters. The Kier molecular flexibility index (Phi) is 3.15. The van der Waals surface area contributed by atoms with Crippen LogP contribution in [0.2, 0.25) is 0 Å². The minimum atomic E-state index is -0.0708. The Morgan fingerprint density at radius 3 is 2.21 bits per heavy atom. The zero-order chi connectivity index (χ0) is 10.8. The zero-order valence-corrected chi connectivity index (χ0v) is 9.42. The molecule has 4 nitrogen and oxygen atoms in total. The molecular weight excluding hydrogens is 178 g/mol. The third-order valence-corrected chi connectivity index (χ3v) is 2.44. The molecule has 0 saturated carbocycles. The van der Waals surface area contributed by atoms with E-state index in [0.717, 1.165) is 0 Å². The summed E-state index contributed by atoms with van der Waals surface area (Å²) in [7, 11) is 0. The molecule has 0 amide bonds. The Morgan fingerprint density at radius 1 is 1.29 bits per heavy atom. The Balaban J connectivity index is 2.76. The number of hydrogen-bond donors (Lipinski definition) is 1. The molecule has 0 aromatic carbocycles. The van der Waals surface area contributed by atoms with Crippen molar-refractivity contribution in [3.8, 4) is 6.07 Å². The molecule has 1 heterocycles. The molecule has 0 radical (unpaired) electrons. The minimum absolute atomic E-state index is 0.0708. The van der Waals surface area contributed by atoms with Crippen molar-refractivity contribution < 1.29 is 4.74 Å². The maximum Gasteiger partial charge on any atom is 0.0975 e. The Hall–Kier alpha value is -0.630. The van der Waals surface area contributed by atoms with Crippen LogP contribution < -0.4 is 5.43 Å². The van der Waals surface area contributed by atoms with Gasteiger partial charge in [-0.05, 0) is 27.7 Å². The van der Waals surface area contributed by atoms with Crippen LogP contribution in [0.3, 0.4) is 0 Å². The number of hydrogen-bond acceptors (Lipinski definition) is 4. The van der Waals surface area contributed by atoms with E-state index in [1.165, 1.54) is 0 Å². The van der Waals surface area contributed by atoms with Crippen LogP contribution in [-0.4, -0.2) is 35.8 Å². The first kappa shape index (κ1) is 11.4. The molecule has 0 aliphatic carbocycles. The van der Waals surface area contributed by atoms with E-state index in [4.69, 9.17) is 10.00 Å². The van der Waals surface area contributed by atoms with Gasteiger partial charge in [0.1, 0.15) is 0 Å². The summed E-state index contributed by atoms with van der Waals surface area (Å²) >= 11 is 0. The molecule has 1 fully saturated rings. The van der Waals surface area contributed by atoms with Gasteiger partial charge in [-0.25, -0.2) is 10.4 Å². The monoisotopic (exact) mass is 197 g/mol. The van der Waals surface area contributed by atoms with Gasteiger partial charge < -0.3 is 4.74 Å². The van der Waals surface area contributed by atoms with Gasteiger partial charge in [0.05, 0.1) is 36.9 Å². The summed E-state index contributed by atoms with van der Waals surface area (Å²) in [5.41, 5.74) is 3.00. The van der Waals surface area contributed by atoms with Crippen LogP contribution in [-0.2, 0) is 4.74 Å². The molecule has 4 heteroatoms. The highest BCUT2D eigenvalue weighted by Crippen LogP contribution is 2.28. The lowest BCUT2D eigenvalue weighted by Gasteiger charge is -2.51. The van der Waals surface area contributed by atoms with Crippen molar-refractivity contribution in [2.24, 2.45) is 0 Å². The Labute approximate surface area is 85.8 Å². The number of ether oxygens (including phenoxy) is 1. The molecule has 80 valence electrons. The van der Waals surface area contributed by atoms with E-state index < -0.39 is 0 Å². The van der Waals surface area contributed by atoms with Crippen LogP contribution in [0.4, 0.5) is 0 Å². The van der Waals surface area contributed by atoms with E-state index in [1.807, 2.05) is 0 Å². The molecule has 1 aliphatic rings. The van der Waals surface area contributed by atoms with Crippen molar-refractivity contribution in [3.63, 3.8) is 0 Å².